The highest BCUT2D eigenvalue weighted by molar-refractivity contribution is 7.10. The van der Waals surface area contributed by atoms with E-state index < -0.39 is 0 Å². The van der Waals surface area contributed by atoms with Crippen molar-refractivity contribution in [3.05, 3.63) is 27.0 Å². The SMILES string of the molecule is CC1CN(C(=O)c2n[nH]c3c2CCC3)CC1NCc1nnsc1Cl. The van der Waals surface area contributed by atoms with Gasteiger partial charge in [0.25, 0.3) is 5.91 Å². The molecule has 24 heavy (non-hydrogen) atoms. The first-order chi connectivity index (χ1) is 11.6. The molecule has 0 bridgehead atoms. The van der Waals surface area contributed by atoms with Crippen LogP contribution in [0.3, 0.4) is 0 Å². The topological polar surface area (TPSA) is 86.8 Å². The summed E-state index contributed by atoms with van der Waals surface area (Å²) in [5.74, 6) is 0.408. The van der Waals surface area contributed by atoms with E-state index in [1.165, 1.54) is 11.5 Å². The van der Waals surface area contributed by atoms with E-state index in [1.807, 2.05) is 4.90 Å². The molecule has 1 fully saturated rings. The van der Waals surface area contributed by atoms with Crippen molar-refractivity contribution in [2.24, 2.45) is 5.92 Å². The molecule has 2 aliphatic rings. The van der Waals surface area contributed by atoms with E-state index in [4.69, 9.17) is 11.6 Å². The molecule has 9 heteroatoms. The number of amides is 1. The van der Waals surface area contributed by atoms with Crippen molar-refractivity contribution in [2.45, 2.75) is 38.8 Å². The van der Waals surface area contributed by atoms with Crippen LogP contribution in [0.25, 0.3) is 0 Å². The highest BCUT2D eigenvalue weighted by Crippen LogP contribution is 2.26. The largest absolute Gasteiger partial charge is 0.335 e. The van der Waals surface area contributed by atoms with Gasteiger partial charge in [-0.3, -0.25) is 9.89 Å². The van der Waals surface area contributed by atoms with Gasteiger partial charge >= 0.3 is 0 Å². The van der Waals surface area contributed by atoms with Gasteiger partial charge in [-0.1, -0.05) is 23.0 Å². The smallest absolute Gasteiger partial charge is 0.274 e. The van der Waals surface area contributed by atoms with Gasteiger partial charge in [-0.15, -0.1) is 5.10 Å². The van der Waals surface area contributed by atoms with E-state index in [0.29, 0.717) is 29.0 Å². The van der Waals surface area contributed by atoms with Gasteiger partial charge in [0.05, 0.1) is 0 Å². The Morgan fingerprint density at radius 2 is 2.33 bits per heavy atom. The molecule has 0 aromatic carbocycles. The maximum absolute atomic E-state index is 12.8. The zero-order valence-electron chi connectivity index (χ0n) is 13.4. The van der Waals surface area contributed by atoms with Crippen LogP contribution in [0.15, 0.2) is 0 Å². The Bertz CT molecular complexity index is 759. The van der Waals surface area contributed by atoms with Gasteiger partial charge in [0.1, 0.15) is 10.0 Å². The zero-order chi connectivity index (χ0) is 16.7. The van der Waals surface area contributed by atoms with E-state index in [1.54, 1.807) is 0 Å². The fraction of sp³-hybridized carbons (Fsp3) is 0.600. The molecule has 2 aromatic heterocycles. The molecule has 2 atom stereocenters. The molecule has 7 nitrogen and oxygen atoms in total. The van der Waals surface area contributed by atoms with Crippen LogP contribution >= 0.6 is 23.1 Å². The van der Waals surface area contributed by atoms with E-state index in [0.717, 1.165) is 42.8 Å². The quantitative estimate of drug-likeness (QED) is 0.859. The molecule has 2 N–H and O–H groups in total. The molecule has 1 aliphatic carbocycles. The summed E-state index contributed by atoms with van der Waals surface area (Å²) in [5.41, 5.74) is 3.63. The Labute approximate surface area is 148 Å². The highest BCUT2D eigenvalue weighted by Gasteiger charge is 2.35. The molecule has 2 unspecified atom stereocenters. The van der Waals surface area contributed by atoms with Crippen LogP contribution in [-0.2, 0) is 19.4 Å². The third kappa shape index (κ3) is 2.82. The van der Waals surface area contributed by atoms with Crippen molar-refractivity contribution in [3.8, 4) is 0 Å². The third-order valence-electron chi connectivity index (χ3n) is 4.95. The fourth-order valence-corrected chi connectivity index (χ4v) is 4.20. The number of fused-ring (bicyclic) bond motifs is 1. The first-order valence-corrected chi connectivity index (χ1v) is 9.34. The number of nitrogens with zero attached hydrogens (tertiary/aromatic N) is 4. The molecule has 4 rings (SSSR count). The highest BCUT2D eigenvalue weighted by atomic mass is 35.5. The number of hydrogen-bond donors (Lipinski definition) is 2. The lowest BCUT2D eigenvalue weighted by Crippen LogP contribution is -2.36. The van der Waals surface area contributed by atoms with E-state index in [9.17, 15) is 4.79 Å². The van der Waals surface area contributed by atoms with E-state index in [-0.39, 0.29) is 11.9 Å². The van der Waals surface area contributed by atoms with Crippen LogP contribution in [0.5, 0.6) is 0 Å². The average Bonchev–Trinajstić information content (AvgIpc) is 3.29. The van der Waals surface area contributed by atoms with E-state index >= 15 is 0 Å². The maximum Gasteiger partial charge on any atom is 0.274 e. The van der Waals surface area contributed by atoms with Gasteiger partial charge in [-0.05, 0) is 25.2 Å². The minimum Gasteiger partial charge on any atom is -0.335 e. The number of carbonyl (C=O) groups is 1. The molecule has 0 saturated carbocycles. The van der Waals surface area contributed by atoms with Gasteiger partial charge in [-0.25, -0.2) is 0 Å². The Balaban J connectivity index is 1.41. The normalized spacial score (nSPS) is 23.0. The standard InChI is InChI=1S/C15H19ClN6OS/c1-8-6-22(7-12(8)17-5-11-14(16)24-21-19-11)15(23)13-9-3-2-4-10(9)18-20-13/h8,12,17H,2-7H2,1H3,(H,18,20). The van der Waals surface area contributed by atoms with Crippen LogP contribution in [0.2, 0.25) is 4.34 Å². The average molecular weight is 367 g/mol. The third-order valence-corrected chi connectivity index (χ3v) is 5.93. The minimum atomic E-state index is 0.0407. The molecule has 1 amide bonds. The van der Waals surface area contributed by atoms with Gasteiger partial charge in [-0.2, -0.15) is 5.10 Å². The van der Waals surface area contributed by atoms with Crippen molar-refractivity contribution in [1.82, 2.24) is 30.0 Å². The Morgan fingerprint density at radius 3 is 3.12 bits per heavy atom. The number of carbonyl (C=O) groups excluding carboxylic acids is 1. The summed E-state index contributed by atoms with van der Waals surface area (Å²) in [4.78, 5) is 14.7. The fourth-order valence-electron chi connectivity index (χ4n) is 3.57. The number of halogens is 1. The predicted octanol–water partition coefficient (Wildman–Crippen LogP) is 1.65. The summed E-state index contributed by atoms with van der Waals surface area (Å²) in [6, 6.07) is 0.221. The lowest BCUT2D eigenvalue weighted by Gasteiger charge is -2.16. The van der Waals surface area contributed by atoms with Crippen molar-refractivity contribution >= 4 is 29.0 Å². The molecular weight excluding hydrogens is 348 g/mol. The lowest BCUT2D eigenvalue weighted by molar-refractivity contribution is 0.0779. The van der Waals surface area contributed by atoms with E-state index in [2.05, 4.69) is 32.0 Å². The van der Waals surface area contributed by atoms with Crippen LogP contribution in [0.4, 0.5) is 0 Å². The summed E-state index contributed by atoms with van der Waals surface area (Å²) in [7, 11) is 0. The Morgan fingerprint density at radius 1 is 1.46 bits per heavy atom. The molecule has 1 saturated heterocycles. The van der Waals surface area contributed by atoms with Crippen molar-refractivity contribution in [1.29, 1.82) is 0 Å². The molecule has 128 valence electrons. The number of rotatable bonds is 4. The summed E-state index contributed by atoms with van der Waals surface area (Å²) in [5, 5.41) is 14.8. The number of hydrogen-bond acceptors (Lipinski definition) is 6. The Kier molecular flexibility index (Phi) is 4.28. The van der Waals surface area contributed by atoms with Crippen LogP contribution in [-0.4, -0.2) is 49.7 Å². The number of nitrogens with one attached hydrogen (secondary N) is 2. The first-order valence-electron chi connectivity index (χ1n) is 8.19. The van der Waals surface area contributed by atoms with Crippen LogP contribution in [0.1, 0.15) is 40.8 Å². The van der Waals surface area contributed by atoms with Crippen molar-refractivity contribution in [2.75, 3.05) is 13.1 Å². The minimum absolute atomic E-state index is 0.0407. The summed E-state index contributed by atoms with van der Waals surface area (Å²) in [6.45, 7) is 4.14. The van der Waals surface area contributed by atoms with Crippen LogP contribution < -0.4 is 5.32 Å². The van der Waals surface area contributed by atoms with Gasteiger partial charge in [0, 0.05) is 48.5 Å². The number of aromatic amines is 1. The second-order valence-electron chi connectivity index (χ2n) is 6.55. The predicted molar refractivity (Wildman–Crippen MR) is 91.2 cm³/mol. The summed E-state index contributed by atoms with van der Waals surface area (Å²) < 4.78 is 4.46. The number of aromatic nitrogens is 4. The second-order valence-corrected chi connectivity index (χ2v) is 7.91. The molecule has 2 aromatic rings. The van der Waals surface area contributed by atoms with Crippen molar-refractivity contribution in [3.63, 3.8) is 0 Å². The second kappa shape index (κ2) is 6.42. The summed E-state index contributed by atoms with van der Waals surface area (Å²) in [6.07, 6.45) is 3.05. The van der Waals surface area contributed by atoms with Gasteiger partial charge in [0.15, 0.2) is 5.69 Å². The number of H-pyrrole nitrogens is 1. The zero-order valence-corrected chi connectivity index (χ0v) is 15.0. The van der Waals surface area contributed by atoms with Crippen molar-refractivity contribution < 1.29 is 4.79 Å². The maximum atomic E-state index is 12.8. The summed E-state index contributed by atoms with van der Waals surface area (Å²) >= 11 is 7.23. The first kappa shape index (κ1) is 16.0. The molecular formula is C15H19ClN6OS. The lowest BCUT2D eigenvalue weighted by atomic mass is 10.1. The monoisotopic (exact) mass is 366 g/mol. The van der Waals surface area contributed by atoms with Crippen LogP contribution in [0, 0.1) is 5.92 Å². The number of aryl methyl sites for hydroxylation is 1. The molecule has 1 aliphatic heterocycles. The number of likely N-dealkylation sites (tertiary alicyclic amines) is 1. The molecule has 3 heterocycles. The molecule has 0 spiro atoms. The Hall–Kier alpha value is -1.51. The molecule has 0 radical (unpaired) electrons. The van der Waals surface area contributed by atoms with Gasteiger partial charge in [0.2, 0.25) is 0 Å². The van der Waals surface area contributed by atoms with Gasteiger partial charge < -0.3 is 10.2 Å².